The van der Waals surface area contributed by atoms with Crippen LogP contribution in [0, 0.1) is 0 Å². The molecule has 0 unspecified atom stereocenters. The lowest BCUT2D eigenvalue weighted by molar-refractivity contribution is 0.103. The SMILES string of the molecule is CC(C)(c1ccc(S(=O)(=O)Nc2ccc(Cl)cc2C(=O)c2ccccn2)cc1)c1cnco1. The van der Waals surface area contributed by atoms with Gasteiger partial charge in [-0.2, -0.15) is 0 Å². The van der Waals surface area contributed by atoms with E-state index in [9.17, 15) is 13.2 Å². The first-order valence-electron chi connectivity index (χ1n) is 9.96. The summed E-state index contributed by atoms with van der Waals surface area (Å²) in [4.78, 5) is 21.0. The Morgan fingerprint density at radius 3 is 2.45 bits per heavy atom. The van der Waals surface area contributed by atoms with E-state index in [2.05, 4.69) is 14.7 Å². The van der Waals surface area contributed by atoms with Gasteiger partial charge in [0.2, 0.25) is 5.78 Å². The fourth-order valence-corrected chi connectivity index (χ4v) is 4.60. The van der Waals surface area contributed by atoms with Crippen LogP contribution in [0.4, 0.5) is 5.69 Å². The van der Waals surface area contributed by atoms with E-state index in [1.54, 1.807) is 36.5 Å². The number of carbonyl (C=O) groups excluding carboxylic acids is 1. The van der Waals surface area contributed by atoms with Crippen molar-refractivity contribution in [2.24, 2.45) is 0 Å². The Morgan fingerprint density at radius 1 is 1.06 bits per heavy atom. The maximum atomic E-state index is 13.1. The summed E-state index contributed by atoms with van der Waals surface area (Å²) < 4.78 is 34.1. The number of hydrogen-bond acceptors (Lipinski definition) is 6. The van der Waals surface area contributed by atoms with Crippen LogP contribution in [0.5, 0.6) is 0 Å². The van der Waals surface area contributed by atoms with Gasteiger partial charge >= 0.3 is 0 Å². The standard InChI is InChI=1S/C24H20ClN3O4S/c1-24(2,22-14-26-15-32-22)16-6-9-18(10-7-16)33(30,31)28-20-11-8-17(25)13-19(20)23(29)21-5-3-4-12-27-21/h3-15,28H,1-2H3. The van der Waals surface area contributed by atoms with Crippen molar-refractivity contribution in [1.82, 2.24) is 9.97 Å². The molecule has 9 heteroatoms. The number of nitrogens with one attached hydrogen (secondary N) is 1. The predicted molar refractivity (Wildman–Crippen MR) is 125 cm³/mol. The van der Waals surface area contributed by atoms with E-state index in [-0.39, 0.29) is 21.8 Å². The highest BCUT2D eigenvalue weighted by Gasteiger charge is 2.27. The van der Waals surface area contributed by atoms with Gasteiger partial charge in [-0.1, -0.05) is 29.8 Å². The van der Waals surface area contributed by atoms with E-state index in [0.29, 0.717) is 10.8 Å². The second kappa shape index (κ2) is 8.80. The van der Waals surface area contributed by atoms with E-state index in [1.807, 2.05) is 13.8 Å². The van der Waals surface area contributed by atoms with Crippen LogP contribution in [0.2, 0.25) is 5.02 Å². The molecule has 2 aromatic carbocycles. The summed E-state index contributed by atoms with van der Waals surface area (Å²) in [5.74, 6) is 0.218. The number of halogens is 1. The first-order valence-corrected chi connectivity index (χ1v) is 11.8. The Bertz CT molecular complexity index is 1390. The number of oxazole rings is 1. The van der Waals surface area contributed by atoms with Gasteiger partial charge < -0.3 is 4.42 Å². The largest absolute Gasteiger partial charge is 0.448 e. The van der Waals surface area contributed by atoms with Crippen molar-refractivity contribution in [3.63, 3.8) is 0 Å². The highest BCUT2D eigenvalue weighted by atomic mass is 35.5. The van der Waals surface area contributed by atoms with Crippen molar-refractivity contribution < 1.29 is 17.6 Å². The summed E-state index contributed by atoms with van der Waals surface area (Å²) in [6, 6.07) is 15.8. The van der Waals surface area contributed by atoms with Crippen LogP contribution >= 0.6 is 11.6 Å². The molecule has 0 aliphatic heterocycles. The normalized spacial score (nSPS) is 11.8. The lowest BCUT2D eigenvalue weighted by atomic mass is 9.83. The zero-order chi connectivity index (χ0) is 23.6. The minimum absolute atomic E-state index is 0.0470. The highest BCUT2D eigenvalue weighted by molar-refractivity contribution is 7.92. The number of benzene rings is 2. The van der Waals surface area contributed by atoms with Gasteiger partial charge in [0.05, 0.1) is 16.8 Å². The summed E-state index contributed by atoms with van der Waals surface area (Å²) >= 11 is 6.08. The molecule has 0 bridgehead atoms. The van der Waals surface area contributed by atoms with Gasteiger partial charge in [0, 0.05) is 22.2 Å². The molecule has 0 saturated heterocycles. The molecule has 0 fully saturated rings. The molecule has 0 amide bonds. The fraction of sp³-hybridized carbons (Fsp3) is 0.125. The Balaban J connectivity index is 1.64. The molecule has 4 rings (SSSR count). The first-order chi connectivity index (χ1) is 15.7. The molecule has 0 spiro atoms. The minimum atomic E-state index is -3.98. The van der Waals surface area contributed by atoms with Crippen LogP contribution in [-0.4, -0.2) is 24.2 Å². The number of aromatic nitrogens is 2. The van der Waals surface area contributed by atoms with Gasteiger partial charge in [0.15, 0.2) is 6.39 Å². The average molecular weight is 482 g/mol. The van der Waals surface area contributed by atoms with Crippen LogP contribution in [0.25, 0.3) is 0 Å². The smallest absolute Gasteiger partial charge is 0.261 e. The van der Waals surface area contributed by atoms with Gasteiger partial charge in [0.1, 0.15) is 11.5 Å². The van der Waals surface area contributed by atoms with E-state index in [0.717, 1.165) is 5.56 Å². The minimum Gasteiger partial charge on any atom is -0.448 e. The molecule has 0 aliphatic carbocycles. The fourth-order valence-electron chi connectivity index (χ4n) is 3.35. The number of sulfonamides is 1. The molecule has 2 aromatic heterocycles. The molecule has 4 aromatic rings. The molecule has 0 radical (unpaired) electrons. The monoisotopic (exact) mass is 481 g/mol. The third kappa shape index (κ3) is 4.67. The second-order valence-electron chi connectivity index (χ2n) is 7.85. The van der Waals surface area contributed by atoms with Gasteiger partial charge in [-0.3, -0.25) is 14.5 Å². The maximum Gasteiger partial charge on any atom is 0.261 e. The predicted octanol–water partition coefficient (Wildman–Crippen LogP) is 5.08. The van der Waals surface area contributed by atoms with Crippen molar-refractivity contribution in [2.75, 3.05) is 4.72 Å². The molecular weight excluding hydrogens is 462 g/mol. The molecule has 33 heavy (non-hydrogen) atoms. The Labute approximate surface area is 196 Å². The van der Waals surface area contributed by atoms with Crippen LogP contribution in [0.3, 0.4) is 0 Å². The zero-order valence-corrected chi connectivity index (χ0v) is 19.4. The molecule has 1 N–H and O–H groups in total. The number of anilines is 1. The summed E-state index contributed by atoms with van der Waals surface area (Å²) in [5, 5.41) is 0.302. The van der Waals surface area contributed by atoms with E-state index < -0.39 is 21.2 Å². The number of rotatable bonds is 7. The van der Waals surface area contributed by atoms with Crippen molar-refractivity contribution in [3.05, 3.63) is 107 Å². The molecule has 0 saturated carbocycles. The van der Waals surface area contributed by atoms with Crippen molar-refractivity contribution >= 4 is 33.1 Å². The molecular formula is C24H20ClN3O4S. The highest BCUT2D eigenvalue weighted by Crippen LogP contribution is 2.32. The van der Waals surface area contributed by atoms with Gasteiger partial charge in [0.25, 0.3) is 10.0 Å². The van der Waals surface area contributed by atoms with Gasteiger partial charge in [-0.05, 0) is 61.9 Å². The van der Waals surface area contributed by atoms with Crippen LogP contribution in [0.1, 0.15) is 41.2 Å². The van der Waals surface area contributed by atoms with E-state index in [4.69, 9.17) is 16.0 Å². The molecule has 7 nitrogen and oxygen atoms in total. The van der Waals surface area contributed by atoms with Crippen molar-refractivity contribution in [2.45, 2.75) is 24.2 Å². The Kier molecular flexibility index (Phi) is 6.05. The number of hydrogen-bond donors (Lipinski definition) is 1. The van der Waals surface area contributed by atoms with Crippen LogP contribution in [0.15, 0.2) is 88.8 Å². The number of carbonyl (C=O) groups is 1. The molecule has 2 heterocycles. The lowest BCUT2D eigenvalue weighted by Crippen LogP contribution is -2.19. The van der Waals surface area contributed by atoms with E-state index >= 15 is 0 Å². The lowest BCUT2D eigenvalue weighted by Gasteiger charge is -2.22. The number of ketones is 1. The Hall–Kier alpha value is -3.49. The van der Waals surface area contributed by atoms with E-state index in [1.165, 1.54) is 42.9 Å². The molecule has 0 aliphatic rings. The summed E-state index contributed by atoms with van der Waals surface area (Å²) in [6.45, 7) is 3.91. The van der Waals surface area contributed by atoms with Gasteiger partial charge in [-0.15, -0.1) is 0 Å². The third-order valence-electron chi connectivity index (χ3n) is 5.30. The zero-order valence-electron chi connectivity index (χ0n) is 17.8. The van der Waals surface area contributed by atoms with Crippen molar-refractivity contribution in [3.8, 4) is 0 Å². The Morgan fingerprint density at radius 2 is 1.82 bits per heavy atom. The summed E-state index contributed by atoms with van der Waals surface area (Å²) in [7, 11) is -3.98. The number of nitrogens with zero attached hydrogens (tertiary/aromatic N) is 2. The van der Waals surface area contributed by atoms with Crippen molar-refractivity contribution in [1.29, 1.82) is 0 Å². The third-order valence-corrected chi connectivity index (χ3v) is 6.92. The molecule has 168 valence electrons. The first kappa shape index (κ1) is 22.7. The summed E-state index contributed by atoms with van der Waals surface area (Å²) in [5.41, 5.74) is 0.758. The number of pyridine rings is 1. The van der Waals surface area contributed by atoms with Gasteiger partial charge in [-0.25, -0.2) is 13.4 Å². The molecule has 0 atom stereocenters. The maximum absolute atomic E-state index is 13.1. The average Bonchev–Trinajstić information content (AvgIpc) is 3.36. The quantitative estimate of drug-likeness (QED) is 0.369. The van der Waals surface area contributed by atoms with Crippen LogP contribution in [-0.2, 0) is 15.4 Å². The topological polar surface area (TPSA) is 102 Å². The summed E-state index contributed by atoms with van der Waals surface area (Å²) in [6.07, 6.45) is 4.48. The second-order valence-corrected chi connectivity index (χ2v) is 9.97. The van der Waals surface area contributed by atoms with Crippen LogP contribution < -0.4 is 4.72 Å².